The van der Waals surface area contributed by atoms with E-state index in [2.05, 4.69) is 22.6 Å². The summed E-state index contributed by atoms with van der Waals surface area (Å²) in [6.07, 6.45) is -0.122. The molecule has 0 fully saturated rings. The molecule has 0 N–H and O–H groups in total. The number of carbonyl (C=O) groups excluding carboxylic acids is 1. The molecule has 2 aromatic rings. The third-order valence-corrected chi connectivity index (χ3v) is 4.18. The smallest absolute Gasteiger partial charge is 0.167 e. The Labute approximate surface area is 127 Å². The minimum absolute atomic E-state index is 0.122. The summed E-state index contributed by atoms with van der Waals surface area (Å²) in [4.78, 5) is 12.0. The average Bonchev–Trinajstić information content (AvgIpc) is 2.36. The second-order valence-electron chi connectivity index (χ2n) is 3.96. The summed E-state index contributed by atoms with van der Waals surface area (Å²) in [5.74, 6) is -1.64. The summed E-state index contributed by atoms with van der Waals surface area (Å²) in [5, 5.41) is 0.478. The zero-order valence-electron chi connectivity index (χ0n) is 9.59. The Morgan fingerprint density at radius 1 is 1.16 bits per heavy atom. The monoisotopic (exact) mass is 392 g/mol. The van der Waals surface area contributed by atoms with Crippen molar-refractivity contribution in [3.8, 4) is 0 Å². The third-order valence-electron chi connectivity index (χ3n) is 2.61. The normalized spacial score (nSPS) is 10.5. The minimum atomic E-state index is -0.718. The van der Waals surface area contributed by atoms with Gasteiger partial charge < -0.3 is 0 Å². The van der Waals surface area contributed by atoms with Gasteiger partial charge in [0.15, 0.2) is 5.78 Å². The molecule has 0 unspecified atom stereocenters. The van der Waals surface area contributed by atoms with E-state index >= 15 is 0 Å². The second-order valence-corrected chi connectivity index (χ2v) is 5.53. The first-order valence-electron chi connectivity index (χ1n) is 5.39. The summed E-state index contributed by atoms with van der Waals surface area (Å²) in [5.41, 5.74) is 0.579. The maximum absolute atomic E-state index is 13.5. The highest BCUT2D eigenvalue weighted by molar-refractivity contribution is 14.1. The van der Waals surface area contributed by atoms with Crippen LogP contribution in [0.2, 0.25) is 5.02 Å². The lowest BCUT2D eigenvalue weighted by atomic mass is 10.0. The standard InChI is InChI=1S/C14H8ClF2IO/c15-11-5-9(2-4-13(11)18)14(19)6-8-1-3-10(16)7-12(8)17/h1-5,7H,6H2. The topological polar surface area (TPSA) is 17.1 Å². The fraction of sp³-hybridized carbons (Fsp3) is 0.0714. The van der Waals surface area contributed by atoms with Crippen molar-refractivity contribution in [1.29, 1.82) is 0 Å². The van der Waals surface area contributed by atoms with Crippen molar-refractivity contribution in [1.82, 2.24) is 0 Å². The average molecular weight is 393 g/mol. The highest BCUT2D eigenvalue weighted by atomic mass is 127. The van der Waals surface area contributed by atoms with Gasteiger partial charge in [0.1, 0.15) is 11.6 Å². The van der Waals surface area contributed by atoms with Gasteiger partial charge in [-0.05, 0) is 46.4 Å². The predicted octanol–water partition coefficient (Wildman–Crippen LogP) is 4.65. The zero-order valence-corrected chi connectivity index (χ0v) is 12.5. The molecule has 0 atom stereocenters. The van der Waals surface area contributed by atoms with E-state index in [4.69, 9.17) is 11.6 Å². The Hall–Kier alpha value is -1.01. The number of Topliss-reactive ketones (excluding diaryl/α,β-unsaturated/α-hetero) is 1. The molecule has 0 saturated carbocycles. The zero-order chi connectivity index (χ0) is 14.0. The van der Waals surface area contributed by atoms with Crippen molar-refractivity contribution in [2.45, 2.75) is 6.42 Å². The molecular formula is C14H8ClF2IO. The molecule has 98 valence electrons. The first-order chi connectivity index (χ1) is 8.97. The molecule has 0 amide bonds. The van der Waals surface area contributed by atoms with E-state index in [0.29, 0.717) is 10.6 Å². The molecule has 1 nitrogen and oxygen atoms in total. The summed E-state index contributed by atoms with van der Waals surface area (Å²) in [6.45, 7) is 0. The van der Waals surface area contributed by atoms with Crippen LogP contribution in [0.15, 0.2) is 36.4 Å². The molecular weight excluding hydrogens is 385 g/mol. The van der Waals surface area contributed by atoms with Crippen LogP contribution in [-0.4, -0.2) is 5.78 Å². The van der Waals surface area contributed by atoms with Gasteiger partial charge in [0.05, 0.1) is 5.02 Å². The summed E-state index contributed by atoms with van der Waals surface area (Å²) >= 11 is 7.98. The van der Waals surface area contributed by atoms with Crippen LogP contribution in [-0.2, 0) is 6.42 Å². The first kappa shape index (κ1) is 14.4. The van der Waals surface area contributed by atoms with Crippen LogP contribution in [0.5, 0.6) is 0 Å². The second kappa shape index (κ2) is 5.96. The third kappa shape index (κ3) is 3.51. The van der Waals surface area contributed by atoms with E-state index in [0.717, 1.165) is 15.7 Å². The molecule has 0 aliphatic carbocycles. The number of rotatable bonds is 3. The van der Waals surface area contributed by atoms with Crippen LogP contribution in [0.4, 0.5) is 8.78 Å². The van der Waals surface area contributed by atoms with Crippen LogP contribution in [0.3, 0.4) is 0 Å². The van der Waals surface area contributed by atoms with Gasteiger partial charge in [-0.25, -0.2) is 8.78 Å². The number of ketones is 1. The molecule has 0 aromatic heterocycles. The Balaban J connectivity index is 2.23. The van der Waals surface area contributed by atoms with E-state index in [1.165, 1.54) is 6.07 Å². The van der Waals surface area contributed by atoms with Crippen molar-refractivity contribution in [2.75, 3.05) is 0 Å². The van der Waals surface area contributed by atoms with Gasteiger partial charge >= 0.3 is 0 Å². The minimum Gasteiger partial charge on any atom is -0.294 e. The maximum atomic E-state index is 13.5. The molecule has 0 aliphatic heterocycles. The summed E-state index contributed by atoms with van der Waals surface area (Å²) in [7, 11) is 0. The highest BCUT2D eigenvalue weighted by Gasteiger charge is 2.12. The van der Waals surface area contributed by atoms with Crippen molar-refractivity contribution in [3.63, 3.8) is 0 Å². The molecule has 5 heteroatoms. The fourth-order valence-electron chi connectivity index (χ4n) is 1.61. The maximum Gasteiger partial charge on any atom is 0.167 e. The molecule has 0 aliphatic rings. The molecule has 0 spiro atoms. The molecule has 2 rings (SSSR count). The molecule has 0 bridgehead atoms. The largest absolute Gasteiger partial charge is 0.294 e. The van der Waals surface area contributed by atoms with Gasteiger partial charge in [0.25, 0.3) is 0 Å². The Morgan fingerprint density at radius 3 is 2.53 bits per heavy atom. The van der Waals surface area contributed by atoms with E-state index in [-0.39, 0.29) is 17.8 Å². The summed E-state index contributed by atoms with van der Waals surface area (Å²) < 4.78 is 27.0. The van der Waals surface area contributed by atoms with Crippen LogP contribution < -0.4 is 0 Å². The van der Waals surface area contributed by atoms with Crippen molar-refractivity contribution in [3.05, 3.63) is 67.8 Å². The number of benzene rings is 2. The number of carbonyl (C=O) groups is 1. The van der Waals surface area contributed by atoms with Crippen molar-refractivity contribution < 1.29 is 13.6 Å². The van der Waals surface area contributed by atoms with E-state index in [9.17, 15) is 13.6 Å². The van der Waals surface area contributed by atoms with Gasteiger partial charge in [-0.15, -0.1) is 0 Å². The molecule has 19 heavy (non-hydrogen) atoms. The lowest BCUT2D eigenvalue weighted by molar-refractivity contribution is 0.0991. The molecule has 2 aromatic carbocycles. The Kier molecular flexibility index (Phi) is 4.52. The van der Waals surface area contributed by atoms with E-state index in [1.807, 2.05) is 0 Å². The van der Waals surface area contributed by atoms with E-state index < -0.39 is 11.6 Å². The van der Waals surface area contributed by atoms with Crippen LogP contribution in [0, 0.1) is 15.2 Å². The van der Waals surface area contributed by atoms with Crippen molar-refractivity contribution in [2.24, 2.45) is 0 Å². The molecule has 0 saturated heterocycles. The molecule has 0 heterocycles. The first-order valence-corrected chi connectivity index (χ1v) is 6.85. The predicted molar refractivity (Wildman–Crippen MR) is 78.6 cm³/mol. The number of halogens is 4. The SMILES string of the molecule is O=C(Cc1ccc(F)cc1F)c1ccc(I)c(Cl)c1. The lowest BCUT2D eigenvalue weighted by Crippen LogP contribution is -2.05. The van der Waals surface area contributed by atoms with Gasteiger partial charge in [-0.3, -0.25) is 4.79 Å². The van der Waals surface area contributed by atoms with Crippen LogP contribution >= 0.6 is 34.2 Å². The van der Waals surface area contributed by atoms with E-state index in [1.54, 1.807) is 18.2 Å². The number of hydrogen-bond acceptors (Lipinski definition) is 1. The lowest BCUT2D eigenvalue weighted by Gasteiger charge is -2.04. The van der Waals surface area contributed by atoms with Crippen molar-refractivity contribution >= 4 is 40.0 Å². The fourth-order valence-corrected chi connectivity index (χ4v) is 2.13. The Morgan fingerprint density at radius 2 is 1.89 bits per heavy atom. The van der Waals surface area contributed by atoms with Crippen LogP contribution in [0.25, 0.3) is 0 Å². The van der Waals surface area contributed by atoms with Gasteiger partial charge in [-0.2, -0.15) is 0 Å². The van der Waals surface area contributed by atoms with Gasteiger partial charge in [0, 0.05) is 21.6 Å². The quantitative estimate of drug-likeness (QED) is 0.549. The van der Waals surface area contributed by atoms with Gasteiger partial charge in [-0.1, -0.05) is 23.7 Å². The Bertz CT molecular complexity index is 643. The number of hydrogen-bond donors (Lipinski definition) is 0. The molecule has 0 radical (unpaired) electrons. The van der Waals surface area contributed by atoms with Gasteiger partial charge in [0.2, 0.25) is 0 Å². The van der Waals surface area contributed by atoms with Crippen LogP contribution in [0.1, 0.15) is 15.9 Å². The highest BCUT2D eigenvalue weighted by Crippen LogP contribution is 2.21. The summed E-state index contributed by atoms with van der Waals surface area (Å²) in [6, 6.07) is 8.08.